The molecular formula is C21H30N4O. The van der Waals surface area contributed by atoms with Crippen LogP contribution in [0.15, 0.2) is 42.7 Å². The fourth-order valence-corrected chi connectivity index (χ4v) is 2.95. The summed E-state index contributed by atoms with van der Waals surface area (Å²) in [6, 6.07) is 12.4. The lowest BCUT2D eigenvalue weighted by atomic mass is 10.2. The zero-order chi connectivity index (χ0) is 18.9. The largest absolute Gasteiger partial charge is 0.350 e. The molecule has 0 bridgehead atoms. The fourth-order valence-electron chi connectivity index (χ4n) is 2.95. The molecule has 0 fully saturated rings. The van der Waals surface area contributed by atoms with E-state index >= 15 is 0 Å². The van der Waals surface area contributed by atoms with Gasteiger partial charge in [0, 0.05) is 31.7 Å². The summed E-state index contributed by atoms with van der Waals surface area (Å²) in [7, 11) is 0. The Kier molecular flexibility index (Phi) is 7.57. The van der Waals surface area contributed by atoms with Crippen LogP contribution >= 0.6 is 0 Å². The van der Waals surface area contributed by atoms with Gasteiger partial charge in [-0.1, -0.05) is 44.2 Å². The third kappa shape index (κ3) is 5.28. The molecule has 0 aliphatic heterocycles. The highest BCUT2D eigenvalue weighted by Crippen LogP contribution is 2.19. The van der Waals surface area contributed by atoms with Crippen LogP contribution in [0.1, 0.15) is 56.6 Å². The smallest absolute Gasteiger partial charge is 0.272 e. The van der Waals surface area contributed by atoms with Crippen molar-refractivity contribution in [1.29, 1.82) is 0 Å². The molecule has 0 radical (unpaired) electrons. The van der Waals surface area contributed by atoms with Gasteiger partial charge in [0.15, 0.2) is 0 Å². The summed E-state index contributed by atoms with van der Waals surface area (Å²) in [5.74, 6) is 0.774. The average molecular weight is 354 g/mol. The first-order valence-electron chi connectivity index (χ1n) is 9.48. The van der Waals surface area contributed by atoms with Crippen LogP contribution in [0.2, 0.25) is 0 Å². The monoisotopic (exact) mass is 354 g/mol. The Morgan fingerprint density at radius 2 is 1.69 bits per heavy atom. The molecule has 2 rings (SSSR count). The van der Waals surface area contributed by atoms with E-state index in [1.165, 1.54) is 11.9 Å². The van der Waals surface area contributed by atoms with Crippen LogP contribution < -0.4 is 4.90 Å². The van der Waals surface area contributed by atoms with E-state index in [1.54, 1.807) is 0 Å². The van der Waals surface area contributed by atoms with Gasteiger partial charge in [0.05, 0.1) is 0 Å². The topological polar surface area (TPSA) is 49.3 Å². The van der Waals surface area contributed by atoms with Gasteiger partial charge in [-0.25, -0.2) is 9.97 Å². The van der Waals surface area contributed by atoms with Crippen LogP contribution in [-0.4, -0.2) is 39.9 Å². The van der Waals surface area contributed by atoms with Crippen molar-refractivity contribution in [3.63, 3.8) is 0 Å². The van der Waals surface area contributed by atoms with E-state index in [9.17, 15) is 4.79 Å². The normalized spacial score (nSPS) is 10.8. The van der Waals surface area contributed by atoms with E-state index in [0.717, 1.165) is 38.3 Å². The standard InChI is InChI=1S/C21H30N4O/c1-5-12-24(13-6-2)21(26)19-14-20(23-16-22-19)25(17(3)4)15-18-10-8-7-9-11-18/h7-11,14,16-17H,5-6,12-13,15H2,1-4H3. The second-order valence-corrected chi connectivity index (χ2v) is 6.76. The second kappa shape index (κ2) is 9.90. The van der Waals surface area contributed by atoms with E-state index in [2.05, 4.69) is 54.7 Å². The lowest BCUT2D eigenvalue weighted by Gasteiger charge is -2.28. The number of carbonyl (C=O) groups is 1. The number of aromatic nitrogens is 2. The Labute approximate surface area is 157 Å². The molecule has 2 aromatic rings. The minimum Gasteiger partial charge on any atom is -0.350 e. The molecule has 1 amide bonds. The van der Waals surface area contributed by atoms with Gasteiger partial charge in [0.25, 0.3) is 5.91 Å². The van der Waals surface area contributed by atoms with Gasteiger partial charge in [-0.05, 0) is 32.3 Å². The summed E-state index contributed by atoms with van der Waals surface area (Å²) in [6.45, 7) is 10.7. The summed E-state index contributed by atoms with van der Waals surface area (Å²) < 4.78 is 0. The van der Waals surface area contributed by atoms with Crippen molar-refractivity contribution in [2.45, 2.75) is 53.1 Å². The summed E-state index contributed by atoms with van der Waals surface area (Å²) in [4.78, 5) is 25.6. The Bertz CT molecular complexity index is 681. The van der Waals surface area contributed by atoms with E-state index in [0.29, 0.717) is 5.69 Å². The molecule has 0 N–H and O–H groups in total. The highest BCUT2D eigenvalue weighted by atomic mass is 16.2. The second-order valence-electron chi connectivity index (χ2n) is 6.76. The first-order valence-corrected chi connectivity index (χ1v) is 9.48. The molecule has 1 aromatic heterocycles. The van der Waals surface area contributed by atoms with Crippen LogP contribution in [0, 0.1) is 0 Å². The molecule has 0 atom stereocenters. The predicted molar refractivity (Wildman–Crippen MR) is 106 cm³/mol. The molecule has 0 aliphatic carbocycles. The van der Waals surface area contributed by atoms with Gasteiger partial charge in [-0.3, -0.25) is 4.79 Å². The van der Waals surface area contributed by atoms with Crippen LogP contribution in [0.5, 0.6) is 0 Å². The summed E-state index contributed by atoms with van der Waals surface area (Å²) in [6.07, 6.45) is 3.38. The zero-order valence-electron chi connectivity index (χ0n) is 16.4. The van der Waals surface area contributed by atoms with Gasteiger partial charge in [-0.15, -0.1) is 0 Å². The number of amides is 1. The van der Waals surface area contributed by atoms with Gasteiger partial charge in [0.1, 0.15) is 17.8 Å². The molecular weight excluding hydrogens is 324 g/mol. The van der Waals surface area contributed by atoms with Crippen molar-refractivity contribution in [3.8, 4) is 0 Å². The van der Waals surface area contributed by atoms with E-state index < -0.39 is 0 Å². The van der Waals surface area contributed by atoms with Crippen LogP contribution in [-0.2, 0) is 6.54 Å². The van der Waals surface area contributed by atoms with Gasteiger partial charge in [-0.2, -0.15) is 0 Å². The molecule has 0 unspecified atom stereocenters. The Balaban J connectivity index is 2.25. The number of anilines is 1. The predicted octanol–water partition coefficient (Wildman–Crippen LogP) is 4.15. The SMILES string of the molecule is CCCN(CCC)C(=O)c1cc(N(Cc2ccccc2)C(C)C)ncn1. The summed E-state index contributed by atoms with van der Waals surface area (Å²) >= 11 is 0. The van der Waals surface area contributed by atoms with Gasteiger partial charge >= 0.3 is 0 Å². The molecule has 0 saturated carbocycles. The van der Waals surface area contributed by atoms with Crippen molar-refractivity contribution in [2.75, 3.05) is 18.0 Å². The van der Waals surface area contributed by atoms with Crippen molar-refractivity contribution < 1.29 is 4.79 Å². The lowest BCUT2D eigenvalue weighted by molar-refractivity contribution is 0.0749. The number of hydrogen-bond donors (Lipinski definition) is 0. The van der Waals surface area contributed by atoms with E-state index in [-0.39, 0.29) is 11.9 Å². The molecule has 1 heterocycles. The summed E-state index contributed by atoms with van der Waals surface area (Å²) in [5, 5.41) is 0. The van der Waals surface area contributed by atoms with Crippen molar-refractivity contribution in [3.05, 3.63) is 54.0 Å². The Morgan fingerprint density at radius 1 is 1.04 bits per heavy atom. The number of nitrogens with zero attached hydrogens (tertiary/aromatic N) is 4. The highest BCUT2D eigenvalue weighted by molar-refractivity contribution is 5.92. The summed E-state index contributed by atoms with van der Waals surface area (Å²) in [5.41, 5.74) is 1.68. The van der Waals surface area contributed by atoms with E-state index in [4.69, 9.17) is 0 Å². The Morgan fingerprint density at radius 3 is 2.27 bits per heavy atom. The number of hydrogen-bond acceptors (Lipinski definition) is 4. The van der Waals surface area contributed by atoms with Crippen LogP contribution in [0.4, 0.5) is 5.82 Å². The molecule has 0 saturated heterocycles. The van der Waals surface area contributed by atoms with Crippen LogP contribution in [0.25, 0.3) is 0 Å². The maximum absolute atomic E-state index is 12.8. The number of rotatable bonds is 9. The third-order valence-corrected chi connectivity index (χ3v) is 4.26. The first kappa shape index (κ1) is 19.9. The van der Waals surface area contributed by atoms with Crippen LogP contribution in [0.3, 0.4) is 0 Å². The molecule has 140 valence electrons. The molecule has 0 spiro atoms. The van der Waals surface area contributed by atoms with Crippen molar-refractivity contribution in [1.82, 2.24) is 14.9 Å². The first-order chi connectivity index (χ1) is 12.6. The van der Waals surface area contributed by atoms with E-state index in [1.807, 2.05) is 29.2 Å². The minimum atomic E-state index is -0.0132. The fraction of sp³-hybridized carbons (Fsp3) is 0.476. The Hall–Kier alpha value is -2.43. The molecule has 5 nitrogen and oxygen atoms in total. The number of carbonyl (C=O) groups excluding carboxylic acids is 1. The molecule has 1 aromatic carbocycles. The maximum atomic E-state index is 12.8. The average Bonchev–Trinajstić information content (AvgIpc) is 2.66. The minimum absolute atomic E-state index is 0.0132. The third-order valence-electron chi connectivity index (χ3n) is 4.26. The highest BCUT2D eigenvalue weighted by Gasteiger charge is 2.19. The molecule has 26 heavy (non-hydrogen) atoms. The molecule has 5 heteroatoms. The van der Waals surface area contributed by atoms with Crippen molar-refractivity contribution >= 4 is 11.7 Å². The quantitative estimate of drug-likeness (QED) is 0.679. The van der Waals surface area contributed by atoms with Crippen molar-refractivity contribution in [2.24, 2.45) is 0 Å². The van der Waals surface area contributed by atoms with Gasteiger partial charge in [0.2, 0.25) is 0 Å². The lowest BCUT2D eigenvalue weighted by Crippen LogP contribution is -2.34. The maximum Gasteiger partial charge on any atom is 0.272 e. The molecule has 0 aliphatic rings. The van der Waals surface area contributed by atoms with Gasteiger partial charge < -0.3 is 9.80 Å². The zero-order valence-corrected chi connectivity index (χ0v) is 16.4. The number of benzene rings is 1.